The Morgan fingerprint density at radius 2 is 2.16 bits per heavy atom. The zero-order valence-corrected chi connectivity index (χ0v) is 12.4. The van der Waals surface area contributed by atoms with Gasteiger partial charge in [-0.2, -0.15) is 0 Å². The van der Waals surface area contributed by atoms with Gasteiger partial charge in [0.2, 0.25) is 0 Å². The molecule has 19 heavy (non-hydrogen) atoms. The third-order valence-electron chi connectivity index (χ3n) is 4.48. The molecule has 0 amide bonds. The van der Waals surface area contributed by atoms with Crippen molar-refractivity contribution in [3.63, 3.8) is 0 Å². The van der Waals surface area contributed by atoms with Crippen molar-refractivity contribution in [1.29, 1.82) is 0 Å². The van der Waals surface area contributed by atoms with Gasteiger partial charge < -0.3 is 10.5 Å². The van der Waals surface area contributed by atoms with Crippen molar-refractivity contribution >= 4 is 11.8 Å². The zero-order chi connectivity index (χ0) is 13.2. The molecule has 0 aromatic heterocycles. The molecule has 1 heterocycles. The summed E-state index contributed by atoms with van der Waals surface area (Å²) < 4.78 is 6.14. The van der Waals surface area contributed by atoms with Gasteiger partial charge in [-0.3, -0.25) is 0 Å². The summed E-state index contributed by atoms with van der Waals surface area (Å²) in [4.78, 5) is 1.25. The third kappa shape index (κ3) is 2.92. The number of para-hydroxylation sites is 1. The number of hydrogen-bond donors (Lipinski definition) is 1. The highest BCUT2D eigenvalue weighted by Crippen LogP contribution is 2.38. The summed E-state index contributed by atoms with van der Waals surface area (Å²) in [5.41, 5.74) is 6.50. The summed E-state index contributed by atoms with van der Waals surface area (Å²) in [7, 11) is 0. The lowest BCUT2D eigenvalue weighted by Crippen LogP contribution is -2.48. The van der Waals surface area contributed by atoms with E-state index in [0.29, 0.717) is 5.92 Å². The second-order valence-electron chi connectivity index (χ2n) is 6.02. The first-order valence-corrected chi connectivity index (χ1v) is 8.36. The van der Waals surface area contributed by atoms with Crippen molar-refractivity contribution in [1.82, 2.24) is 0 Å². The fraction of sp³-hybridized carbons (Fsp3) is 0.625. The smallest absolute Gasteiger partial charge is 0.133 e. The van der Waals surface area contributed by atoms with E-state index in [2.05, 4.69) is 25.1 Å². The summed E-state index contributed by atoms with van der Waals surface area (Å²) in [6, 6.07) is 8.48. The Morgan fingerprint density at radius 3 is 3.00 bits per heavy atom. The van der Waals surface area contributed by atoms with Gasteiger partial charge in [0.05, 0.1) is 0 Å². The lowest BCUT2D eigenvalue weighted by molar-refractivity contribution is 0.125. The van der Waals surface area contributed by atoms with Crippen LogP contribution < -0.4 is 10.5 Å². The summed E-state index contributed by atoms with van der Waals surface area (Å²) in [5.74, 6) is 3.47. The normalized spacial score (nSPS) is 32.2. The highest BCUT2D eigenvalue weighted by molar-refractivity contribution is 7.99. The Labute approximate surface area is 120 Å². The summed E-state index contributed by atoms with van der Waals surface area (Å²) in [6.45, 7) is 2.35. The zero-order valence-electron chi connectivity index (χ0n) is 11.5. The van der Waals surface area contributed by atoms with Crippen LogP contribution in [0, 0.1) is 11.8 Å². The van der Waals surface area contributed by atoms with Crippen LogP contribution in [0.1, 0.15) is 32.6 Å². The van der Waals surface area contributed by atoms with Crippen LogP contribution in [-0.2, 0) is 0 Å². The molecule has 2 N–H and O–H groups in total. The SMILES string of the molecule is CC1CCCC(C(N)C2CSc3ccccc3O2)C1. The Kier molecular flexibility index (Phi) is 4.04. The molecule has 104 valence electrons. The maximum absolute atomic E-state index is 6.50. The van der Waals surface area contributed by atoms with E-state index in [1.165, 1.54) is 30.6 Å². The largest absolute Gasteiger partial charge is 0.487 e. The molecule has 1 aliphatic heterocycles. The van der Waals surface area contributed by atoms with Gasteiger partial charge in [-0.05, 0) is 36.8 Å². The van der Waals surface area contributed by atoms with Crippen molar-refractivity contribution in [3.05, 3.63) is 24.3 Å². The number of fused-ring (bicyclic) bond motifs is 1. The van der Waals surface area contributed by atoms with Crippen molar-refractivity contribution in [2.45, 2.75) is 49.6 Å². The van der Waals surface area contributed by atoms with Crippen molar-refractivity contribution < 1.29 is 4.74 Å². The molecule has 1 fully saturated rings. The molecule has 2 aliphatic rings. The Hall–Kier alpha value is -0.670. The second-order valence-corrected chi connectivity index (χ2v) is 7.09. The number of thioether (sulfide) groups is 1. The molecule has 3 rings (SSSR count). The molecule has 0 spiro atoms. The van der Waals surface area contributed by atoms with E-state index in [1.807, 2.05) is 17.8 Å². The van der Waals surface area contributed by atoms with E-state index < -0.39 is 0 Å². The van der Waals surface area contributed by atoms with E-state index in [0.717, 1.165) is 17.4 Å². The number of ether oxygens (including phenoxy) is 1. The first kappa shape index (κ1) is 13.3. The van der Waals surface area contributed by atoms with E-state index in [1.54, 1.807) is 0 Å². The topological polar surface area (TPSA) is 35.2 Å². The van der Waals surface area contributed by atoms with Crippen LogP contribution in [0.5, 0.6) is 5.75 Å². The van der Waals surface area contributed by atoms with Crippen molar-refractivity contribution in [3.8, 4) is 5.75 Å². The first-order valence-electron chi connectivity index (χ1n) is 7.38. The molecule has 1 saturated carbocycles. The monoisotopic (exact) mass is 277 g/mol. The minimum absolute atomic E-state index is 0.176. The Balaban J connectivity index is 1.67. The van der Waals surface area contributed by atoms with Gasteiger partial charge in [0, 0.05) is 16.7 Å². The molecule has 0 radical (unpaired) electrons. The molecule has 3 heteroatoms. The second kappa shape index (κ2) is 5.76. The van der Waals surface area contributed by atoms with Gasteiger partial charge >= 0.3 is 0 Å². The van der Waals surface area contributed by atoms with Gasteiger partial charge in [-0.25, -0.2) is 0 Å². The highest BCUT2D eigenvalue weighted by atomic mass is 32.2. The molecule has 2 nitrogen and oxygen atoms in total. The predicted octanol–water partition coefficient (Wildman–Crippen LogP) is 3.69. The van der Waals surface area contributed by atoms with Crippen LogP contribution in [0.25, 0.3) is 0 Å². The minimum Gasteiger partial charge on any atom is -0.487 e. The summed E-state index contributed by atoms with van der Waals surface area (Å²) >= 11 is 1.88. The molecule has 0 bridgehead atoms. The van der Waals surface area contributed by atoms with Crippen LogP contribution in [0.3, 0.4) is 0 Å². The molecule has 4 atom stereocenters. The number of benzene rings is 1. The van der Waals surface area contributed by atoms with Gasteiger partial charge in [-0.1, -0.05) is 31.9 Å². The van der Waals surface area contributed by atoms with Gasteiger partial charge in [0.25, 0.3) is 0 Å². The Bertz CT molecular complexity index is 437. The van der Waals surface area contributed by atoms with E-state index in [9.17, 15) is 0 Å². The number of nitrogens with two attached hydrogens (primary N) is 1. The van der Waals surface area contributed by atoms with Crippen LogP contribution in [0.4, 0.5) is 0 Å². The summed E-state index contributed by atoms with van der Waals surface area (Å²) in [6.07, 6.45) is 5.42. The van der Waals surface area contributed by atoms with Crippen LogP contribution in [-0.4, -0.2) is 17.9 Å². The van der Waals surface area contributed by atoms with Crippen molar-refractivity contribution in [2.24, 2.45) is 17.6 Å². The quantitative estimate of drug-likeness (QED) is 0.895. The lowest BCUT2D eigenvalue weighted by Gasteiger charge is -2.37. The maximum Gasteiger partial charge on any atom is 0.133 e. The molecule has 4 unspecified atom stereocenters. The van der Waals surface area contributed by atoms with Gasteiger partial charge in [-0.15, -0.1) is 11.8 Å². The first-order chi connectivity index (χ1) is 9.24. The fourth-order valence-corrected chi connectivity index (χ4v) is 4.43. The van der Waals surface area contributed by atoms with E-state index >= 15 is 0 Å². The Morgan fingerprint density at radius 1 is 1.32 bits per heavy atom. The molecule has 0 saturated heterocycles. The van der Waals surface area contributed by atoms with E-state index in [4.69, 9.17) is 10.5 Å². The van der Waals surface area contributed by atoms with Crippen LogP contribution in [0.2, 0.25) is 0 Å². The molecular weight excluding hydrogens is 254 g/mol. The van der Waals surface area contributed by atoms with Crippen LogP contribution in [0.15, 0.2) is 29.2 Å². The number of rotatable bonds is 2. The standard InChI is InChI=1S/C16H23NOS/c1-11-5-4-6-12(9-11)16(17)14-10-19-15-8-3-2-7-13(15)18-14/h2-3,7-8,11-12,14,16H,4-6,9-10,17H2,1H3. The number of hydrogen-bond acceptors (Lipinski definition) is 3. The fourth-order valence-electron chi connectivity index (χ4n) is 3.36. The van der Waals surface area contributed by atoms with Crippen LogP contribution >= 0.6 is 11.8 Å². The van der Waals surface area contributed by atoms with Gasteiger partial charge in [0.15, 0.2) is 0 Å². The average Bonchev–Trinajstić information content (AvgIpc) is 2.46. The average molecular weight is 277 g/mol. The third-order valence-corrected chi connectivity index (χ3v) is 5.62. The van der Waals surface area contributed by atoms with E-state index in [-0.39, 0.29) is 12.1 Å². The van der Waals surface area contributed by atoms with Crippen molar-refractivity contribution in [2.75, 3.05) is 5.75 Å². The van der Waals surface area contributed by atoms with Gasteiger partial charge in [0.1, 0.15) is 11.9 Å². The summed E-state index contributed by atoms with van der Waals surface area (Å²) in [5, 5.41) is 0. The lowest BCUT2D eigenvalue weighted by atomic mass is 9.77. The molecular formula is C16H23NOS. The predicted molar refractivity (Wildman–Crippen MR) is 80.7 cm³/mol. The molecule has 1 aromatic rings. The minimum atomic E-state index is 0.176. The maximum atomic E-state index is 6.50. The highest BCUT2D eigenvalue weighted by Gasteiger charge is 2.33. The molecule has 1 aliphatic carbocycles. The molecule has 1 aromatic carbocycles.